The van der Waals surface area contributed by atoms with E-state index in [1.165, 1.54) is 28.6 Å². The number of hydrogen-bond acceptors (Lipinski definition) is 6. The van der Waals surface area contributed by atoms with Gasteiger partial charge in [0.05, 0.1) is 22.7 Å². The highest BCUT2D eigenvalue weighted by Gasteiger charge is 2.28. The van der Waals surface area contributed by atoms with Crippen LogP contribution < -0.4 is 4.90 Å². The molecule has 1 aromatic carbocycles. The summed E-state index contributed by atoms with van der Waals surface area (Å²) >= 11 is 0. The van der Waals surface area contributed by atoms with E-state index in [9.17, 15) is 8.42 Å². The Balaban J connectivity index is 1.72. The van der Waals surface area contributed by atoms with E-state index in [-0.39, 0.29) is 4.90 Å². The van der Waals surface area contributed by atoms with E-state index in [1.807, 2.05) is 11.0 Å². The number of nitrogens with zero attached hydrogens (tertiary/aromatic N) is 5. The first-order valence-electron chi connectivity index (χ1n) is 7.12. The third-order valence-electron chi connectivity index (χ3n) is 3.73. The van der Waals surface area contributed by atoms with E-state index in [0.717, 1.165) is 5.82 Å². The monoisotopic (exact) mass is 329 g/mol. The van der Waals surface area contributed by atoms with E-state index in [2.05, 4.69) is 9.97 Å². The lowest BCUT2D eigenvalue weighted by Gasteiger charge is -2.34. The SMILES string of the molecule is N#Cc1ccc(S(=O)(=O)N2CCN(c3cnccn3)CC2)cc1. The predicted molar refractivity (Wildman–Crippen MR) is 84.2 cm³/mol. The van der Waals surface area contributed by atoms with Crippen LogP contribution in [-0.2, 0) is 10.0 Å². The van der Waals surface area contributed by atoms with Crippen LogP contribution in [-0.4, -0.2) is 48.9 Å². The number of sulfonamides is 1. The molecule has 7 nitrogen and oxygen atoms in total. The molecule has 2 aromatic rings. The molecule has 0 saturated carbocycles. The van der Waals surface area contributed by atoms with Crippen LogP contribution in [0, 0.1) is 11.3 Å². The van der Waals surface area contributed by atoms with Gasteiger partial charge in [0.25, 0.3) is 0 Å². The molecule has 118 valence electrons. The molecule has 0 spiro atoms. The molecule has 23 heavy (non-hydrogen) atoms. The third-order valence-corrected chi connectivity index (χ3v) is 5.65. The van der Waals surface area contributed by atoms with Gasteiger partial charge in [-0.3, -0.25) is 4.98 Å². The Morgan fingerprint density at radius 2 is 1.74 bits per heavy atom. The Kier molecular flexibility index (Phi) is 4.23. The summed E-state index contributed by atoms with van der Waals surface area (Å²) in [4.78, 5) is 10.5. The van der Waals surface area contributed by atoms with Gasteiger partial charge in [0.15, 0.2) is 0 Å². The average molecular weight is 329 g/mol. The largest absolute Gasteiger partial charge is 0.353 e. The summed E-state index contributed by atoms with van der Waals surface area (Å²) in [7, 11) is -3.53. The van der Waals surface area contributed by atoms with Gasteiger partial charge in [0.2, 0.25) is 10.0 Å². The number of piperazine rings is 1. The van der Waals surface area contributed by atoms with Gasteiger partial charge in [-0.25, -0.2) is 13.4 Å². The molecule has 0 N–H and O–H groups in total. The lowest BCUT2D eigenvalue weighted by molar-refractivity contribution is 0.383. The van der Waals surface area contributed by atoms with Gasteiger partial charge in [-0.1, -0.05) is 0 Å². The first-order valence-corrected chi connectivity index (χ1v) is 8.56. The average Bonchev–Trinajstić information content (AvgIpc) is 2.62. The van der Waals surface area contributed by atoms with Crippen LogP contribution in [0.1, 0.15) is 5.56 Å². The van der Waals surface area contributed by atoms with Crippen molar-refractivity contribution in [1.82, 2.24) is 14.3 Å². The summed E-state index contributed by atoms with van der Waals surface area (Å²) < 4.78 is 26.7. The van der Waals surface area contributed by atoms with Crippen molar-refractivity contribution in [2.75, 3.05) is 31.1 Å². The Labute approximate surface area is 134 Å². The van der Waals surface area contributed by atoms with E-state index in [1.54, 1.807) is 18.6 Å². The lowest BCUT2D eigenvalue weighted by Crippen LogP contribution is -2.48. The second-order valence-corrected chi connectivity index (χ2v) is 7.03. The Hall–Kier alpha value is -2.50. The van der Waals surface area contributed by atoms with Gasteiger partial charge in [0, 0.05) is 38.6 Å². The molecule has 3 rings (SSSR count). The molecule has 0 unspecified atom stereocenters. The van der Waals surface area contributed by atoms with Gasteiger partial charge in [-0.15, -0.1) is 0 Å². The normalized spacial score (nSPS) is 16.0. The van der Waals surface area contributed by atoms with Gasteiger partial charge in [-0.05, 0) is 24.3 Å². The molecule has 8 heteroatoms. The topological polar surface area (TPSA) is 90.2 Å². The van der Waals surface area contributed by atoms with Gasteiger partial charge >= 0.3 is 0 Å². The molecular weight excluding hydrogens is 314 g/mol. The minimum Gasteiger partial charge on any atom is -0.353 e. The zero-order valence-electron chi connectivity index (χ0n) is 12.3. The smallest absolute Gasteiger partial charge is 0.243 e. The highest BCUT2D eigenvalue weighted by Crippen LogP contribution is 2.19. The first kappa shape index (κ1) is 15.4. The fourth-order valence-electron chi connectivity index (χ4n) is 2.46. The molecule has 0 aliphatic carbocycles. The molecule has 0 radical (unpaired) electrons. The summed E-state index contributed by atoms with van der Waals surface area (Å²) in [5.74, 6) is 0.753. The van der Waals surface area contributed by atoms with Crippen LogP contribution >= 0.6 is 0 Å². The fourth-order valence-corrected chi connectivity index (χ4v) is 3.88. The van der Waals surface area contributed by atoms with Crippen LogP contribution in [0.25, 0.3) is 0 Å². The number of aromatic nitrogens is 2. The van der Waals surface area contributed by atoms with Gasteiger partial charge in [0.1, 0.15) is 5.82 Å². The van der Waals surface area contributed by atoms with Gasteiger partial charge in [-0.2, -0.15) is 9.57 Å². The number of rotatable bonds is 3. The van der Waals surface area contributed by atoms with Crippen molar-refractivity contribution in [3.63, 3.8) is 0 Å². The maximum Gasteiger partial charge on any atom is 0.243 e. The summed E-state index contributed by atoms with van der Waals surface area (Å²) in [6, 6.07) is 7.96. The first-order chi connectivity index (χ1) is 11.1. The van der Waals surface area contributed by atoms with Crippen molar-refractivity contribution in [1.29, 1.82) is 5.26 Å². The molecule has 0 bridgehead atoms. The molecule has 1 aromatic heterocycles. The zero-order chi connectivity index (χ0) is 16.3. The maximum absolute atomic E-state index is 12.6. The molecule has 1 fully saturated rings. The number of benzene rings is 1. The van der Waals surface area contributed by atoms with E-state index >= 15 is 0 Å². The lowest BCUT2D eigenvalue weighted by atomic mass is 10.2. The summed E-state index contributed by atoms with van der Waals surface area (Å²) in [5, 5.41) is 8.79. The molecule has 0 amide bonds. The minimum absolute atomic E-state index is 0.212. The maximum atomic E-state index is 12.6. The van der Waals surface area contributed by atoms with Crippen LogP contribution in [0.15, 0.2) is 47.8 Å². The Morgan fingerprint density at radius 3 is 2.30 bits per heavy atom. The van der Waals surface area contributed by atoms with Crippen molar-refractivity contribution in [3.05, 3.63) is 48.4 Å². The highest BCUT2D eigenvalue weighted by molar-refractivity contribution is 7.89. The molecule has 2 heterocycles. The standard InChI is InChI=1S/C15H15N5O2S/c16-11-13-1-3-14(4-2-13)23(21,22)20-9-7-19(8-10-20)15-12-17-5-6-18-15/h1-6,12H,7-10H2. The van der Waals surface area contributed by atoms with Crippen molar-refractivity contribution in [3.8, 4) is 6.07 Å². The quantitative estimate of drug-likeness (QED) is 0.829. The highest BCUT2D eigenvalue weighted by atomic mass is 32.2. The minimum atomic E-state index is -3.53. The number of hydrogen-bond donors (Lipinski definition) is 0. The summed E-state index contributed by atoms with van der Waals surface area (Å²) in [6.07, 6.45) is 4.90. The number of nitriles is 1. The second kappa shape index (κ2) is 6.32. The molecule has 0 atom stereocenters. The fraction of sp³-hybridized carbons (Fsp3) is 0.267. The van der Waals surface area contributed by atoms with Crippen LogP contribution in [0.5, 0.6) is 0 Å². The Bertz CT molecular complexity index is 807. The molecule has 1 aliphatic rings. The second-order valence-electron chi connectivity index (χ2n) is 5.09. The van der Waals surface area contributed by atoms with Crippen molar-refractivity contribution in [2.45, 2.75) is 4.90 Å². The molecule has 1 aliphatic heterocycles. The predicted octanol–water partition coefficient (Wildman–Crippen LogP) is 0.859. The van der Waals surface area contributed by atoms with E-state index in [4.69, 9.17) is 5.26 Å². The van der Waals surface area contributed by atoms with Crippen LogP contribution in [0.4, 0.5) is 5.82 Å². The zero-order valence-corrected chi connectivity index (χ0v) is 13.1. The number of anilines is 1. The van der Waals surface area contributed by atoms with Crippen LogP contribution in [0.2, 0.25) is 0 Å². The van der Waals surface area contributed by atoms with Crippen molar-refractivity contribution in [2.24, 2.45) is 0 Å². The molecular formula is C15H15N5O2S. The summed E-state index contributed by atoms with van der Waals surface area (Å²) in [5.41, 5.74) is 0.441. The van der Waals surface area contributed by atoms with E-state index in [0.29, 0.717) is 31.7 Å². The Morgan fingerprint density at radius 1 is 1.04 bits per heavy atom. The van der Waals surface area contributed by atoms with Crippen molar-refractivity contribution >= 4 is 15.8 Å². The van der Waals surface area contributed by atoms with Crippen LogP contribution in [0.3, 0.4) is 0 Å². The summed E-state index contributed by atoms with van der Waals surface area (Å²) in [6.45, 7) is 1.90. The van der Waals surface area contributed by atoms with Gasteiger partial charge < -0.3 is 4.90 Å². The molecule has 1 saturated heterocycles. The van der Waals surface area contributed by atoms with E-state index < -0.39 is 10.0 Å². The van der Waals surface area contributed by atoms with Crippen molar-refractivity contribution < 1.29 is 8.42 Å². The third kappa shape index (κ3) is 3.16.